The molecule has 0 radical (unpaired) electrons. The van der Waals surface area contributed by atoms with Crippen LogP contribution in [0.4, 0.5) is 0 Å². The standard InChI is InChI=1S/C27H30P2/c1-4-11-22(12-5-1)25-17-10-20-28(25)21-29-26(23-13-6-2-7-14-23)18-19-27(29)24-15-8-3-9-16-24/h1-9,11-16,25-27H,10,17-21H2/t25?,26-,27?,28?,29?/m1/s1. The molecular formula is C27H30P2. The van der Waals surface area contributed by atoms with Crippen molar-refractivity contribution in [2.75, 3.05) is 12.1 Å². The zero-order valence-electron chi connectivity index (χ0n) is 17.0. The number of hydrogen-bond donors (Lipinski definition) is 0. The number of rotatable bonds is 5. The third kappa shape index (κ3) is 4.21. The average Bonchev–Trinajstić information content (AvgIpc) is 3.43. The lowest BCUT2D eigenvalue weighted by Gasteiger charge is -2.32. The molecule has 5 rings (SSSR count). The Labute approximate surface area is 178 Å². The molecule has 3 aromatic carbocycles. The van der Waals surface area contributed by atoms with E-state index in [1.807, 2.05) is 0 Å². The summed E-state index contributed by atoms with van der Waals surface area (Å²) in [5.74, 6) is 1.50. The lowest BCUT2D eigenvalue weighted by molar-refractivity contribution is 0.765. The Morgan fingerprint density at radius 1 is 0.552 bits per heavy atom. The zero-order valence-corrected chi connectivity index (χ0v) is 18.8. The van der Waals surface area contributed by atoms with Gasteiger partial charge in [-0.25, -0.2) is 0 Å². The van der Waals surface area contributed by atoms with E-state index in [0.29, 0.717) is 0 Å². The average molecular weight is 416 g/mol. The molecule has 2 heteroatoms. The first-order chi connectivity index (χ1) is 14.4. The van der Waals surface area contributed by atoms with Crippen LogP contribution in [-0.2, 0) is 0 Å². The van der Waals surface area contributed by atoms with E-state index in [-0.39, 0.29) is 15.8 Å². The second kappa shape index (κ2) is 9.12. The third-order valence-corrected chi connectivity index (χ3v) is 14.6. The van der Waals surface area contributed by atoms with Crippen LogP contribution >= 0.6 is 15.8 Å². The van der Waals surface area contributed by atoms with Crippen molar-refractivity contribution >= 4 is 15.8 Å². The smallest absolute Gasteiger partial charge is 0.00507 e. The van der Waals surface area contributed by atoms with Crippen molar-refractivity contribution in [3.63, 3.8) is 0 Å². The van der Waals surface area contributed by atoms with E-state index in [2.05, 4.69) is 91.0 Å². The van der Waals surface area contributed by atoms with Crippen LogP contribution in [0.3, 0.4) is 0 Å². The van der Waals surface area contributed by atoms with E-state index in [9.17, 15) is 0 Å². The van der Waals surface area contributed by atoms with E-state index >= 15 is 0 Å². The van der Waals surface area contributed by atoms with E-state index in [1.165, 1.54) is 37.7 Å². The predicted octanol–water partition coefficient (Wildman–Crippen LogP) is 8.72. The van der Waals surface area contributed by atoms with Crippen LogP contribution in [-0.4, -0.2) is 12.1 Å². The topological polar surface area (TPSA) is 0 Å². The molecule has 0 N–H and O–H groups in total. The van der Waals surface area contributed by atoms with Crippen molar-refractivity contribution in [1.29, 1.82) is 0 Å². The molecule has 2 aliphatic heterocycles. The molecule has 2 saturated heterocycles. The van der Waals surface area contributed by atoms with Crippen LogP contribution in [0.1, 0.15) is 59.4 Å². The minimum atomic E-state index is -0.0237. The summed E-state index contributed by atoms with van der Waals surface area (Å²) >= 11 is 0. The van der Waals surface area contributed by atoms with Gasteiger partial charge in [0.15, 0.2) is 0 Å². The third-order valence-electron chi connectivity index (χ3n) is 6.78. The van der Waals surface area contributed by atoms with Gasteiger partial charge in [0.05, 0.1) is 0 Å². The van der Waals surface area contributed by atoms with Crippen molar-refractivity contribution in [3.05, 3.63) is 108 Å². The monoisotopic (exact) mass is 416 g/mol. The molecule has 2 heterocycles. The van der Waals surface area contributed by atoms with Crippen molar-refractivity contribution < 1.29 is 0 Å². The normalized spacial score (nSPS) is 29.2. The van der Waals surface area contributed by atoms with E-state index in [4.69, 9.17) is 0 Å². The first-order valence-electron chi connectivity index (χ1n) is 11.0. The lowest BCUT2D eigenvalue weighted by Crippen LogP contribution is -2.00. The molecule has 0 bridgehead atoms. The Kier molecular flexibility index (Phi) is 6.13. The quantitative estimate of drug-likeness (QED) is 0.365. The molecule has 148 valence electrons. The second-order valence-electron chi connectivity index (χ2n) is 8.47. The van der Waals surface area contributed by atoms with E-state index in [0.717, 1.165) is 17.0 Å². The molecule has 5 atom stereocenters. The predicted molar refractivity (Wildman–Crippen MR) is 130 cm³/mol. The summed E-state index contributed by atoms with van der Waals surface area (Å²) in [6, 6.07) is 34.3. The summed E-state index contributed by atoms with van der Waals surface area (Å²) < 4.78 is 0. The minimum absolute atomic E-state index is 0.0237. The van der Waals surface area contributed by atoms with Gasteiger partial charge in [-0.3, -0.25) is 0 Å². The maximum Gasteiger partial charge on any atom is 0.00507 e. The molecular weight excluding hydrogens is 386 g/mol. The van der Waals surface area contributed by atoms with Gasteiger partial charge < -0.3 is 0 Å². The highest BCUT2D eigenvalue weighted by Crippen LogP contribution is 2.77. The fourth-order valence-electron chi connectivity index (χ4n) is 5.39. The molecule has 0 amide bonds. The molecule has 0 aromatic heterocycles. The Bertz CT molecular complexity index is 846. The van der Waals surface area contributed by atoms with Gasteiger partial charge in [0.1, 0.15) is 0 Å². The first kappa shape index (κ1) is 19.5. The van der Waals surface area contributed by atoms with Crippen LogP contribution in [0.5, 0.6) is 0 Å². The van der Waals surface area contributed by atoms with E-state index < -0.39 is 0 Å². The Morgan fingerprint density at radius 2 is 1.00 bits per heavy atom. The Balaban J connectivity index is 1.44. The van der Waals surface area contributed by atoms with Crippen LogP contribution in [0.25, 0.3) is 0 Å². The van der Waals surface area contributed by atoms with Gasteiger partial charge in [-0.15, -0.1) is 0 Å². The van der Waals surface area contributed by atoms with Crippen LogP contribution in [0.2, 0.25) is 0 Å². The molecule has 0 spiro atoms. The summed E-state index contributed by atoms with van der Waals surface area (Å²) in [5, 5.41) is 0. The minimum Gasteiger partial charge on any atom is -0.0946 e. The van der Waals surface area contributed by atoms with Gasteiger partial charge in [0, 0.05) is 17.0 Å². The van der Waals surface area contributed by atoms with Gasteiger partial charge in [0.25, 0.3) is 0 Å². The molecule has 2 fully saturated rings. The van der Waals surface area contributed by atoms with Gasteiger partial charge in [-0.2, -0.15) is 0 Å². The molecule has 0 nitrogen and oxygen atoms in total. The first-order valence-corrected chi connectivity index (χ1v) is 14.5. The largest absolute Gasteiger partial charge is 0.0946 e. The molecule has 29 heavy (non-hydrogen) atoms. The lowest BCUT2D eigenvalue weighted by atomic mass is 10.0. The summed E-state index contributed by atoms with van der Waals surface area (Å²) in [6.07, 6.45) is 7.06. The fraction of sp³-hybridized carbons (Fsp3) is 0.333. The summed E-state index contributed by atoms with van der Waals surface area (Å²) in [5.41, 5.74) is 7.22. The van der Waals surface area contributed by atoms with Crippen LogP contribution in [0.15, 0.2) is 91.0 Å². The Hall–Kier alpha value is -1.48. The van der Waals surface area contributed by atoms with Crippen molar-refractivity contribution in [3.8, 4) is 0 Å². The molecule has 0 aliphatic carbocycles. The van der Waals surface area contributed by atoms with Crippen molar-refractivity contribution in [2.45, 2.75) is 42.7 Å². The molecule has 0 saturated carbocycles. The summed E-state index contributed by atoms with van der Waals surface area (Å²) in [4.78, 5) is 0. The Morgan fingerprint density at radius 3 is 1.48 bits per heavy atom. The summed E-state index contributed by atoms with van der Waals surface area (Å²) in [6.45, 7) is 0. The maximum absolute atomic E-state index is 2.39. The van der Waals surface area contributed by atoms with E-state index in [1.54, 1.807) is 16.7 Å². The van der Waals surface area contributed by atoms with Gasteiger partial charge >= 0.3 is 0 Å². The number of hydrogen-bond acceptors (Lipinski definition) is 0. The van der Waals surface area contributed by atoms with Crippen LogP contribution < -0.4 is 0 Å². The van der Waals surface area contributed by atoms with Gasteiger partial charge in [0.2, 0.25) is 0 Å². The van der Waals surface area contributed by atoms with Crippen molar-refractivity contribution in [2.24, 2.45) is 0 Å². The van der Waals surface area contributed by atoms with Crippen LogP contribution in [0, 0.1) is 0 Å². The molecule has 3 aromatic rings. The summed E-state index contributed by atoms with van der Waals surface area (Å²) in [7, 11) is 0.0752. The maximum atomic E-state index is 2.39. The highest BCUT2D eigenvalue weighted by molar-refractivity contribution is 7.75. The fourth-order valence-corrected chi connectivity index (χ4v) is 14.5. The molecule has 4 unspecified atom stereocenters. The zero-order chi connectivity index (χ0) is 19.5. The molecule has 2 aliphatic rings. The highest BCUT2D eigenvalue weighted by atomic mass is 31.2. The van der Waals surface area contributed by atoms with Crippen molar-refractivity contribution in [1.82, 2.24) is 0 Å². The van der Waals surface area contributed by atoms with Gasteiger partial charge in [-0.05, 0) is 54.4 Å². The number of benzene rings is 3. The highest BCUT2D eigenvalue weighted by Gasteiger charge is 2.40. The second-order valence-corrected chi connectivity index (χ2v) is 14.1. The SMILES string of the molecule is c1ccc(C2CCCP2CP2C(c3ccccc3)CC[C@@H]2c2ccccc2)cc1. The van der Waals surface area contributed by atoms with Gasteiger partial charge in [-0.1, -0.05) is 107 Å².